The lowest BCUT2D eigenvalue weighted by Gasteiger charge is -2.36. The highest BCUT2D eigenvalue weighted by Crippen LogP contribution is 2.35. The summed E-state index contributed by atoms with van der Waals surface area (Å²) in [6, 6.07) is -0.489. The molecule has 1 saturated carbocycles. The lowest BCUT2D eigenvalue weighted by molar-refractivity contribution is -0.142. The Morgan fingerprint density at radius 1 is 1.19 bits per heavy atom. The van der Waals surface area contributed by atoms with Crippen LogP contribution in [-0.4, -0.2) is 70.2 Å². The first-order chi connectivity index (χ1) is 17.5. The van der Waals surface area contributed by atoms with Crippen molar-refractivity contribution in [2.75, 3.05) is 13.6 Å². The summed E-state index contributed by atoms with van der Waals surface area (Å²) in [4.78, 5) is 61.3. The van der Waals surface area contributed by atoms with Crippen molar-refractivity contribution in [3.63, 3.8) is 0 Å². The van der Waals surface area contributed by atoms with Crippen LogP contribution < -0.4 is 16.0 Å². The third kappa shape index (κ3) is 7.71. The molecular formula is C26H37N7O4. The van der Waals surface area contributed by atoms with Crippen LogP contribution >= 0.6 is 0 Å². The van der Waals surface area contributed by atoms with Gasteiger partial charge in [-0.25, -0.2) is 4.98 Å². The number of piperidine rings is 1. The minimum Gasteiger partial charge on any atom is -0.356 e. The largest absolute Gasteiger partial charge is 0.356 e. The van der Waals surface area contributed by atoms with Crippen LogP contribution in [0.4, 0.5) is 0 Å². The highest BCUT2D eigenvalue weighted by molar-refractivity contribution is 5.97. The Hall–Kier alpha value is -3.55. The number of nitrogens with zero attached hydrogens (tertiary/aromatic N) is 4. The molecule has 2 fully saturated rings. The summed E-state index contributed by atoms with van der Waals surface area (Å²) in [6.45, 7) is 6.11. The molecule has 1 saturated heterocycles. The molecular weight excluding hydrogens is 474 g/mol. The van der Waals surface area contributed by atoms with Gasteiger partial charge in [0.15, 0.2) is 0 Å². The number of amides is 4. The number of hydrogen-bond acceptors (Lipinski definition) is 7. The van der Waals surface area contributed by atoms with Crippen LogP contribution in [0.15, 0.2) is 18.6 Å². The van der Waals surface area contributed by atoms with Gasteiger partial charge in [0, 0.05) is 31.9 Å². The van der Waals surface area contributed by atoms with Crippen molar-refractivity contribution in [3.05, 3.63) is 24.3 Å². The van der Waals surface area contributed by atoms with E-state index >= 15 is 0 Å². The van der Waals surface area contributed by atoms with Crippen LogP contribution in [0.3, 0.4) is 0 Å². The highest BCUT2D eigenvalue weighted by Gasteiger charge is 2.41. The summed E-state index contributed by atoms with van der Waals surface area (Å²) in [5, 5.41) is 18.0. The molecule has 4 atom stereocenters. The first kappa shape index (κ1) is 28.0. The van der Waals surface area contributed by atoms with Gasteiger partial charge in [-0.1, -0.05) is 33.6 Å². The van der Waals surface area contributed by atoms with Gasteiger partial charge in [-0.3, -0.25) is 24.2 Å². The number of aromatic nitrogens is 2. The molecule has 1 aromatic rings. The Kier molecular flexibility index (Phi) is 9.18. The van der Waals surface area contributed by atoms with Gasteiger partial charge < -0.3 is 20.9 Å². The fourth-order valence-corrected chi connectivity index (χ4v) is 4.49. The zero-order valence-corrected chi connectivity index (χ0v) is 22.0. The van der Waals surface area contributed by atoms with Crippen molar-refractivity contribution in [1.82, 2.24) is 30.8 Å². The fraction of sp³-hybridized carbons (Fsp3) is 0.654. The molecule has 3 rings (SSSR count). The van der Waals surface area contributed by atoms with Gasteiger partial charge in [-0.2, -0.15) is 5.26 Å². The van der Waals surface area contributed by atoms with Crippen LogP contribution in [-0.2, 0) is 14.4 Å². The summed E-state index contributed by atoms with van der Waals surface area (Å²) < 4.78 is 0. The van der Waals surface area contributed by atoms with E-state index in [9.17, 15) is 24.4 Å². The monoisotopic (exact) mass is 511 g/mol. The predicted molar refractivity (Wildman–Crippen MR) is 135 cm³/mol. The van der Waals surface area contributed by atoms with Gasteiger partial charge in [0.05, 0.1) is 12.3 Å². The van der Waals surface area contributed by atoms with E-state index in [1.807, 2.05) is 20.8 Å². The molecule has 3 N–H and O–H groups in total. The number of rotatable bonds is 10. The number of likely N-dealkylation sites (N-methyl/N-ethyl adjacent to an activating group) is 1. The van der Waals surface area contributed by atoms with Crippen molar-refractivity contribution in [1.29, 1.82) is 5.26 Å². The van der Waals surface area contributed by atoms with E-state index < -0.39 is 41.3 Å². The molecule has 0 unspecified atom stereocenters. The molecule has 37 heavy (non-hydrogen) atoms. The molecule has 0 spiro atoms. The first-order valence-corrected chi connectivity index (χ1v) is 12.8. The second-order valence-corrected chi connectivity index (χ2v) is 11.1. The predicted octanol–water partition coefficient (Wildman–Crippen LogP) is 1.17. The Morgan fingerprint density at radius 2 is 1.92 bits per heavy atom. The molecule has 0 bridgehead atoms. The second kappa shape index (κ2) is 12.1. The van der Waals surface area contributed by atoms with E-state index in [0.29, 0.717) is 25.3 Å². The van der Waals surface area contributed by atoms with Gasteiger partial charge in [0.25, 0.3) is 5.91 Å². The van der Waals surface area contributed by atoms with Gasteiger partial charge in [0.1, 0.15) is 23.8 Å². The number of hydrogen-bond donors (Lipinski definition) is 3. The maximum atomic E-state index is 13.7. The molecule has 2 heterocycles. The average molecular weight is 512 g/mol. The third-order valence-electron chi connectivity index (χ3n) is 6.95. The summed E-state index contributed by atoms with van der Waals surface area (Å²) >= 11 is 0. The number of carbonyl (C=O) groups is 4. The summed E-state index contributed by atoms with van der Waals surface area (Å²) in [5.74, 6) is -1.49. The van der Waals surface area contributed by atoms with Crippen LogP contribution in [0.2, 0.25) is 0 Å². The van der Waals surface area contributed by atoms with E-state index in [2.05, 4.69) is 32.0 Å². The SMILES string of the molecule is CN(C(=O)[C@@H](NC(=O)c1cnccn1)C(C)(C)C)[C@@H](CC1CC1)C(=O)N[C@H](C#N)C[C@@H]1CCCNC1=O. The third-order valence-corrected chi connectivity index (χ3v) is 6.95. The lowest BCUT2D eigenvalue weighted by atomic mass is 9.85. The van der Waals surface area contributed by atoms with Crippen molar-refractivity contribution in [2.24, 2.45) is 17.3 Å². The molecule has 2 aliphatic rings. The Balaban J connectivity index is 1.74. The van der Waals surface area contributed by atoms with E-state index in [-0.39, 0.29) is 23.9 Å². The van der Waals surface area contributed by atoms with Crippen molar-refractivity contribution >= 4 is 23.6 Å². The van der Waals surface area contributed by atoms with Crippen LogP contribution in [0.1, 0.15) is 69.8 Å². The molecule has 1 aliphatic carbocycles. The quantitative estimate of drug-likeness (QED) is 0.425. The summed E-state index contributed by atoms with van der Waals surface area (Å²) in [7, 11) is 1.55. The Labute approximate surface area is 217 Å². The van der Waals surface area contributed by atoms with E-state index in [1.165, 1.54) is 23.5 Å². The summed E-state index contributed by atoms with van der Waals surface area (Å²) in [6.07, 6.45) is 8.30. The maximum absolute atomic E-state index is 13.7. The van der Waals surface area contributed by atoms with E-state index in [0.717, 1.165) is 19.3 Å². The van der Waals surface area contributed by atoms with Gasteiger partial charge in [-0.15, -0.1) is 0 Å². The topological polar surface area (TPSA) is 157 Å². The second-order valence-electron chi connectivity index (χ2n) is 11.1. The van der Waals surface area contributed by atoms with Crippen LogP contribution in [0, 0.1) is 28.6 Å². The average Bonchev–Trinajstić information content (AvgIpc) is 3.69. The molecule has 1 aliphatic heterocycles. The minimum absolute atomic E-state index is 0.0862. The van der Waals surface area contributed by atoms with Crippen molar-refractivity contribution < 1.29 is 19.2 Å². The van der Waals surface area contributed by atoms with Gasteiger partial charge >= 0.3 is 0 Å². The van der Waals surface area contributed by atoms with Crippen molar-refractivity contribution in [2.45, 2.75) is 77.4 Å². The van der Waals surface area contributed by atoms with E-state index in [1.54, 1.807) is 7.05 Å². The van der Waals surface area contributed by atoms with Crippen LogP contribution in [0.25, 0.3) is 0 Å². The Bertz CT molecular complexity index is 1030. The van der Waals surface area contributed by atoms with Gasteiger partial charge in [-0.05, 0) is 37.0 Å². The molecule has 0 radical (unpaired) electrons. The normalized spacial score (nSPS) is 20.0. The summed E-state index contributed by atoms with van der Waals surface area (Å²) in [5.41, 5.74) is -0.573. The number of nitriles is 1. The fourth-order valence-electron chi connectivity index (χ4n) is 4.49. The zero-order valence-electron chi connectivity index (χ0n) is 22.0. The first-order valence-electron chi connectivity index (χ1n) is 12.8. The lowest BCUT2D eigenvalue weighted by Crippen LogP contribution is -2.59. The molecule has 11 nitrogen and oxygen atoms in total. The maximum Gasteiger partial charge on any atom is 0.272 e. The molecule has 11 heteroatoms. The van der Waals surface area contributed by atoms with Crippen molar-refractivity contribution in [3.8, 4) is 6.07 Å². The zero-order chi connectivity index (χ0) is 27.2. The Morgan fingerprint density at radius 3 is 2.49 bits per heavy atom. The highest BCUT2D eigenvalue weighted by atomic mass is 16.2. The van der Waals surface area contributed by atoms with Crippen LogP contribution in [0.5, 0.6) is 0 Å². The molecule has 1 aromatic heterocycles. The molecule has 200 valence electrons. The van der Waals surface area contributed by atoms with E-state index in [4.69, 9.17) is 0 Å². The molecule has 0 aromatic carbocycles. The number of nitrogens with one attached hydrogen (secondary N) is 3. The van der Waals surface area contributed by atoms with Gasteiger partial charge in [0.2, 0.25) is 17.7 Å². The standard InChI is InChI=1S/C26H37N7O4/c1-26(2,3)21(32-23(35)19-15-28-10-11-29-19)25(37)33(4)20(12-16-7-8-16)24(36)31-18(14-27)13-17-6-5-9-30-22(17)34/h10-11,15-18,20-21H,5-9,12-13H2,1-4H3,(H,30,34)(H,31,36)(H,32,35)/t17-,18-,20-,21+/m0/s1. The smallest absolute Gasteiger partial charge is 0.272 e. The molecule has 4 amide bonds. The minimum atomic E-state index is -0.931. The number of carbonyl (C=O) groups excluding carboxylic acids is 4.